The second-order valence-electron chi connectivity index (χ2n) is 3.97. The molecule has 0 radical (unpaired) electrons. The van der Waals surface area contributed by atoms with Crippen molar-refractivity contribution in [2.75, 3.05) is 6.54 Å². The third-order valence-electron chi connectivity index (χ3n) is 2.86. The van der Waals surface area contributed by atoms with E-state index in [4.69, 9.17) is 5.73 Å². The van der Waals surface area contributed by atoms with E-state index in [9.17, 15) is 4.79 Å². The molecule has 0 amide bonds. The summed E-state index contributed by atoms with van der Waals surface area (Å²) in [6.07, 6.45) is 2.68. The Labute approximate surface area is 84.6 Å². The van der Waals surface area contributed by atoms with Crippen LogP contribution in [0.1, 0.15) is 25.8 Å². The topological polar surface area (TPSA) is 48.0 Å². The zero-order chi connectivity index (χ0) is 10.8. The van der Waals surface area contributed by atoms with Gasteiger partial charge in [-0.2, -0.15) is 0 Å². The molecule has 2 N–H and O–H groups in total. The van der Waals surface area contributed by atoms with Crippen molar-refractivity contribution in [3.8, 4) is 0 Å². The second-order valence-corrected chi connectivity index (χ2v) is 3.97. The molecular weight excluding hydrogens is 176 g/mol. The number of pyridine rings is 1. The van der Waals surface area contributed by atoms with E-state index in [0.717, 1.165) is 12.0 Å². The number of nitrogens with two attached hydrogens (primary N) is 1. The maximum atomic E-state index is 11.7. The number of nitrogens with zero attached hydrogens (tertiary/aromatic N) is 1. The molecular formula is C11H18N2O. The third kappa shape index (κ3) is 1.87. The van der Waals surface area contributed by atoms with Gasteiger partial charge in [-0.25, -0.2) is 0 Å². The molecule has 0 saturated heterocycles. The molecule has 3 nitrogen and oxygen atoms in total. The van der Waals surface area contributed by atoms with Crippen LogP contribution in [0.25, 0.3) is 0 Å². The molecule has 0 aliphatic rings. The van der Waals surface area contributed by atoms with Crippen molar-refractivity contribution in [2.45, 2.75) is 32.7 Å². The van der Waals surface area contributed by atoms with Crippen LogP contribution in [0.3, 0.4) is 0 Å². The number of hydrogen-bond donors (Lipinski definition) is 1. The van der Waals surface area contributed by atoms with Crippen molar-refractivity contribution < 1.29 is 0 Å². The first-order valence-corrected chi connectivity index (χ1v) is 4.93. The van der Waals surface area contributed by atoms with Gasteiger partial charge in [-0.15, -0.1) is 0 Å². The predicted octanol–water partition coefficient (Wildman–Crippen LogP) is 1.24. The molecule has 1 aromatic heterocycles. The van der Waals surface area contributed by atoms with Crippen LogP contribution in [0.15, 0.2) is 23.1 Å². The van der Waals surface area contributed by atoms with Gasteiger partial charge in [0.15, 0.2) is 0 Å². The van der Waals surface area contributed by atoms with Crippen molar-refractivity contribution in [3.63, 3.8) is 0 Å². The van der Waals surface area contributed by atoms with Crippen LogP contribution in [0.5, 0.6) is 0 Å². The van der Waals surface area contributed by atoms with Crippen LogP contribution in [0.2, 0.25) is 0 Å². The highest BCUT2D eigenvalue weighted by molar-refractivity contribution is 5.10. The largest absolute Gasteiger partial charge is 0.328 e. The molecule has 78 valence electrons. The highest BCUT2D eigenvalue weighted by Crippen LogP contribution is 2.16. The van der Waals surface area contributed by atoms with Gasteiger partial charge in [-0.1, -0.05) is 6.92 Å². The summed E-state index contributed by atoms with van der Waals surface area (Å²) in [5, 5.41) is 0. The minimum atomic E-state index is -0.259. The van der Waals surface area contributed by atoms with Crippen molar-refractivity contribution in [1.82, 2.24) is 4.57 Å². The summed E-state index contributed by atoms with van der Waals surface area (Å²) in [6, 6.07) is 3.58. The monoisotopic (exact) mass is 194 g/mol. The molecule has 0 saturated carbocycles. The minimum absolute atomic E-state index is 0.0276. The highest BCUT2D eigenvalue weighted by Gasteiger charge is 2.22. The molecule has 3 heteroatoms. The molecule has 0 spiro atoms. The van der Waals surface area contributed by atoms with Crippen molar-refractivity contribution in [2.24, 2.45) is 5.73 Å². The maximum absolute atomic E-state index is 11.7. The minimum Gasteiger partial charge on any atom is -0.328 e. The Kier molecular flexibility index (Phi) is 3.11. The fourth-order valence-electron chi connectivity index (χ4n) is 1.44. The van der Waals surface area contributed by atoms with Gasteiger partial charge in [0, 0.05) is 18.8 Å². The van der Waals surface area contributed by atoms with Crippen LogP contribution in [-0.4, -0.2) is 11.1 Å². The molecule has 0 aromatic carbocycles. The summed E-state index contributed by atoms with van der Waals surface area (Å²) in [5.41, 5.74) is 6.45. The molecule has 1 unspecified atom stereocenters. The lowest BCUT2D eigenvalue weighted by atomic mass is 9.98. The molecule has 0 fully saturated rings. The van der Waals surface area contributed by atoms with Gasteiger partial charge in [-0.3, -0.25) is 4.79 Å². The summed E-state index contributed by atoms with van der Waals surface area (Å²) in [5.74, 6) is 0. The Morgan fingerprint density at radius 3 is 2.64 bits per heavy atom. The van der Waals surface area contributed by atoms with Crippen molar-refractivity contribution >= 4 is 0 Å². The molecule has 0 bridgehead atoms. The Morgan fingerprint density at radius 1 is 1.57 bits per heavy atom. The number of aromatic nitrogens is 1. The maximum Gasteiger partial charge on any atom is 0.251 e. The predicted molar refractivity (Wildman–Crippen MR) is 58.4 cm³/mol. The average molecular weight is 194 g/mol. The van der Waals surface area contributed by atoms with E-state index in [1.807, 2.05) is 33.0 Å². The van der Waals surface area contributed by atoms with E-state index in [2.05, 4.69) is 0 Å². The van der Waals surface area contributed by atoms with E-state index in [1.54, 1.807) is 10.6 Å². The fraction of sp³-hybridized carbons (Fsp3) is 0.545. The summed E-state index contributed by atoms with van der Waals surface area (Å²) < 4.78 is 1.72. The van der Waals surface area contributed by atoms with Gasteiger partial charge in [0.05, 0.1) is 5.54 Å². The Bertz CT molecular complexity index is 364. The summed E-state index contributed by atoms with van der Waals surface area (Å²) in [7, 11) is 0. The highest BCUT2D eigenvalue weighted by atomic mass is 16.1. The standard InChI is InChI=1S/C11H18N2O/c1-4-11(3,8-12)13-6-5-9(2)7-10(13)14/h5-7H,4,8,12H2,1-3H3. The summed E-state index contributed by atoms with van der Waals surface area (Å²) in [6.45, 7) is 6.44. The van der Waals surface area contributed by atoms with Crippen LogP contribution in [0, 0.1) is 6.92 Å². The van der Waals surface area contributed by atoms with Gasteiger partial charge in [0.2, 0.25) is 0 Å². The first kappa shape index (κ1) is 11.0. The number of aryl methyl sites for hydroxylation is 1. The smallest absolute Gasteiger partial charge is 0.251 e. The van der Waals surface area contributed by atoms with Gasteiger partial charge in [0.1, 0.15) is 0 Å². The zero-order valence-electron chi connectivity index (χ0n) is 9.08. The molecule has 0 aliphatic carbocycles. The summed E-state index contributed by atoms with van der Waals surface area (Å²) in [4.78, 5) is 11.7. The van der Waals surface area contributed by atoms with Crippen LogP contribution in [0.4, 0.5) is 0 Å². The SMILES string of the molecule is CCC(C)(CN)n1ccc(C)cc1=O. The Hall–Kier alpha value is -1.09. The van der Waals surface area contributed by atoms with E-state index >= 15 is 0 Å². The van der Waals surface area contributed by atoms with Crippen LogP contribution < -0.4 is 11.3 Å². The van der Waals surface area contributed by atoms with Crippen molar-refractivity contribution in [3.05, 3.63) is 34.2 Å². The molecule has 14 heavy (non-hydrogen) atoms. The number of hydrogen-bond acceptors (Lipinski definition) is 2. The quantitative estimate of drug-likeness (QED) is 0.787. The average Bonchev–Trinajstić information content (AvgIpc) is 2.17. The van der Waals surface area contributed by atoms with Crippen LogP contribution in [-0.2, 0) is 5.54 Å². The molecule has 1 rings (SSSR count). The zero-order valence-corrected chi connectivity index (χ0v) is 9.08. The lowest BCUT2D eigenvalue weighted by Gasteiger charge is -2.29. The van der Waals surface area contributed by atoms with Crippen molar-refractivity contribution in [1.29, 1.82) is 0 Å². The van der Waals surface area contributed by atoms with Gasteiger partial charge >= 0.3 is 0 Å². The first-order valence-electron chi connectivity index (χ1n) is 4.93. The molecule has 1 heterocycles. The normalized spacial score (nSPS) is 15.1. The van der Waals surface area contributed by atoms with Crippen LogP contribution >= 0.6 is 0 Å². The fourth-order valence-corrected chi connectivity index (χ4v) is 1.44. The van der Waals surface area contributed by atoms with E-state index < -0.39 is 0 Å². The van der Waals surface area contributed by atoms with Gasteiger partial charge < -0.3 is 10.3 Å². The third-order valence-corrected chi connectivity index (χ3v) is 2.86. The molecule has 1 atom stereocenters. The molecule has 1 aromatic rings. The summed E-state index contributed by atoms with van der Waals surface area (Å²) >= 11 is 0. The Balaban J connectivity index is 3.25. The Morgan fingerprint density at radius 2 is 2.21 bits per heavy atom. The van der Waals surface area contributed by atoms with E-state index in [1.165, 1.54) is 0 Å². The first-order chi connectivity index (χ1) is 6.53. The second kappa shape index (κ2) is 3.96. The van der Waals surface area contributed by atoms with E-state index in [-0.39, 0.29) is 11.1 Å². The van der Waals surface area contributed by atoms with E-state index in [0.29, 0.717) is 6.54 Å². The van der Waals surface area contributed by atoms with Gasteiger partial charge in [0.25, 0.3) is 5.56 Å². The lowest BCUT2D eigenvalue weighted by Crippen LogP contribution is -2.43. The van der Waals surface area contributed by atoms with Gasteiger partial charge in [-0.05, 0) is 31.9 Å². The number of rotatable bonds is 3. The lowest BCUT2D eigenvalue weighted by molar-refractivity contribution is 0.307. The molecule has 0 aliphatic heterocycles.